The number of nitrogens with zero attached hydrogens (tertiary/aromatic N) is 1. The van der Waals surface area contributed by atoms with Crippen LogP contribution in [0.5, 0.6) is 5.75 Å². The summed E-state index contributed by atoms with van der Waals surface area (Å²) in [5.74, 6) is 0.434. The van der Waals surface area contributed by atoms with E-state index in [9.17, 15) is 13.2 Å². The highest BCUT2D eigenvalue weighted by molar-refractivity contribution is 9.10. The summed E-state index contributed by atoms with van der Waals surface area (Å²) in [4.78, 5) is 14.3. The maximum Gasteiger partial charge on any atom is 0.242 e. The molecule has 0 fully saturated rings. The number of halogens is 1. The van der Waals surface area contributed by atoms with Crippen molar-refractivity contribution in [2.24, 2.45) is 5.41 Å². The van der Waals surface area contributed by atoms with Gasteiger partial charge in [0.05, 0.1) is 16.8 Å². The average Bonchev–Trinajstić information content (AvgIpc) is 2.58. The maximum atomic E-state index is 12.7. The molecule has 0 aliphatic carbocycles. The van der Waals surface area contributed by atoms with Crippen molar-refractivity contribution in [1.82, 2.24) is 0 Å². The van der Waals surface area contributed by atoms with Gasteiger partial charge in [-0.05, 0) is 32.0 Å². The summed E-state index contributed by atoms with van der Waals surface area (Å²) in [7, 11) is -3.47. The molecule has 1 N–H and O–H groups in total. The molecule has 0 atom stereocenters. The van der Waals surface area contributed by atoms with Crippen molar-refractivity contribution in [2.45, 2.75) is 13.8 Å². The maximum absolute atomic E-state index is 12.7. The van der Waals surface area contributed by atoms with Gasteiger partial charge in [-0.25, -0.2) is 8.42 Å². The van der Waals surface area contributed by atoms with Gasteiger partial charge in [0.1, 0.15) is 17.0 Å². The van der Waals surface area contributed by atoms with E-state index in [1.807, 2.05) is 13.8 Å². The highest BCUT2D eigenvalue weighted by Crippen LogP contribution is 2.38. The van der Waals surface area contributed by atoms with E-state index in [0.717, 1.165) is 0 Å². The molecule has 1 amide bonds. The molecule has 0 unspecified atom stereocenters. The topological polar surface area (TPSA) is 75.7 Å². The van der Waals surface area contributed by atoms with Crippen LogP contribution in [0.2, 0.25) is 0 Å². The number of hydrogen-bond donors (Lipinski definition) is 1. The van der Waals surface area contributed by atoms with Crippen LogP contribution in [0.25, 0.3) is 0 Å². The van der Waals surface area contributed by atoms with E-state index >= 15 is 0 Å². The molecule has 2 rings (SSSR count). The van der Waals surface area contributed by atoms with Crippen LogP contribution in [-0.2, 0) is 14.8 Å². The molecule has 1 aliphatic heterocycles. The van der Waals surface area contributed by atoms with Crippen LogP contribution in [-0.4, -0.2) is 32.1 Å². The number of carbonyl (C=O) groups excluding carboxylic acids is 1. The minimum Gasteiger partial charge on any atom is -0.490 e. The van der Waals surface area contributed by atoms with Gasteiger partial charge in [0.25, 0.3) is 0 Å². The zero-order valence-corrected chi connectivity index (χ0v) is 15.4. The zero-order chi connectivity index (χ0) is 17.3. The molecule has 0 aromatic heterocycles. The molecule has 0 radical (unpaired) electrons. The van der Waals surface area contributed by atoms with Gasteiger partial charge in [0.15, 0.2) is 0 Å². The van der Waals surface area contributed by atoms with Crippen molar-refractivity contribution in [3.63, 3.8) is 0 Å². The Labute approximate surface area is 144 Å². The lowest BCUT2D eigenvalue weighted by Gasteiger charge is -2.27. The first-order valence-corrected chi connectivity index (χ1v) is 9.74. The van der Waals surface area contributed by atoms with Crippen LogP contribution in [0.15, 0.2) is 30.9 Å². The SMILES string of the molecule is C=CCN1C(=O)C(C)(C)COc2ccc(NS(=O)(=O)CBr)cc21. The smallest absolute Gasteiger partial charge is 0.242 e. The van der Waals surface area contributed by atoms with Crippen molar-refractivity contribution >= 4 is 43.2 Å². The van der Waals surface area contributed by atoms with E-state index < -0.39 is 15.4 Å². The number of ether oxygens (including phenoxy) is 1. The van der Waals surface area contributed by atoms with Crippen LogP contribution in [0, 0.1) is 5.41 Å². The lowest BCUT2D eigenvalue weighted by Crippen LogP contribution is -2.42. The van der Waals surface area contributed by atoms with Crippen molar-refractivity contribution in [3.05, 3.63) is 30.9 Å². The van der Waals surface area contributed by atoms with Crippen LogP contribution >= 0.6 is 15.9 Å². The molecular weight excluding hydrogens is 384 g/mol. The fraction of sp³-hybridized carbons (Fsp3) is 0.400. The summed E-state index contributed by atoms with van der Waals surface area (Å²) in [6.45, 7) is 7.87. The first-order valence-electron chi connectivity index (χ1n) is 6.96. The number of anilines is 2. The van der Waals surface area contributed by atoms with Gasteiger partial charge < -0.3 is 9.64 Å². The van der Waals surface area contributed by atoms with E-state index in [1.54, 1.807) is 29.2 Å². The van der Waals surface area contributed by atoms with Gasteiger partial charge in [-0.2, -0.15) is 0 Å². The predicted molar refractivity (Wildman–Crippen MR) is 94.6 cm³/mol. The molecule has 0 spiro atoms. The van der Waals surface area contributed by atoms with Gasteiger partial charge in [-0.3, -0.25) is 9.52 Å². The lowest BCUT2D eigenvalue weighted by molar-refractivity contribution is -0.127. The number of amides is 1. The fourth-order valence-corrected chi connectivity index (χ4v) is 3.11. The third-order valence-electron chi connectivity index (χ3n) is 3.39. The highest BCUT2D eigenvalue weighted by atomic mass is 79.9. The molecule has 1 aliphatic rings. The minimum absolute atomic E-state index is 0.100. The largest absolute Gasteiger partial charge is 0.490 e. The monoisotopic (exact) mass is 402 g/mol. The van der Waals surface area contributed by atoms with Crippen molar-refractivity contribution in [2.75, 3.05) is 27.4 Å². The van der Waals surface area contributed by atoms with E-state index in [2.05, 4.69) is 27.2 Å². The highest BCUT2D eigenvalue weighted by Gasteiger charge is 2.37. The number of carbonyl (C=O) groups is 1. The Morgan fingerprint density at radius 3 is 2.78 bits per heavy atom. The third-order valence-corrected chi connectivity index (χ3v) is 6.03. The summed E-state index contributed by atoms with van der Waals surface area (Å²) in [5, 5.41) is 0. The Morgan fingerprint density at radius 2 is 2.17 bits per heavy atom. The van der Waals surface area contributed by atoms with E-state index in [1.165, 1.54) is 0 Å². The zero-order valence-electron chi connectivity index (χ0n) is 13.0. The van der Waals surface area contributed by atoms with Crippen molar-refractivity contribution in [3.8, 4) is 5.75 Å². The van der Waals surface area contributed by atoms with Gasteiger partial charge in [0.2, 0.25) is 15.9 Å². The van der Waals surface area contributed by atoms with Crippen LogP contribution in [0.4, 0.5) is 11.4 Å². The van der Waals surface area contributed by atoms with Gasteiger partial charge in [0, 0.05) is 6.54 Å². The van der Waals surface area contributed by atoms with Crippen LogP contribution < -0.4 is 14.4 Å². The van der Waals surface area contributed by atoms with E-state index in [0.29, 0.717) is 23.7 Å². The number of fused-ring (bicyclic) bond motifs is 1. The molecule has 6 nitrogen and oxygen atoms in total. The Morgan fingerprint density at radius 1 is 1.48 bits per heavy atom. The Bertz CT molecular complexity index is 731. The second-order valence-corrected chi connectivity index (χ2v) is 8.91. The van der Waals surface area contributed by atoms with Crippen molar-refractivity contribution in [1.29, 1.82) is 0 Å². The standard InChI is InChI=1S/C15H19BrN2O4S/c1-4-7-18-12-8-11(17-23(20,21)10-16)5-6-13(12)22-9-15(2,3)14(18)19/h4-6,8,17H,1,7,9-10H2,2-3H3. The second kappa shape index (κ2) is 6.52. The summed E-state index contributed by atoms with van der Waals surface area (Å²) >= 11 is 2.92. The van der Waals surface area contributed by atoms with Gasteiger partial charge in [-0.15, -0.1) is 6.58 Å². The Hall–Kier alpha value is -1.54. The molecule has 0 bridgehead atoms. The molecule has 1 aromatic carbocycles. The molecular formula is C15H19BrN2O4S. The van der Waals surface area contributed by atoms with Gasteiger partial charge in [-0.1, -0.05) is 22.0 Å². The number of alkyl halides is 1. The number of benzene rings is 1. The first kappa shape index (κ1) is 17.8. The number of hydrogen-bond acceptors (Lipinski definition) is 4. The third kappa shape index (κ3) is 3.87. The second-order valence-electron chi connectivity index (χ2n) is 5.89. The molecule has 1 aromatic rings. The summed E-state index contributed by atoms with van der Waals surface area (Å²) < 4.78 is 31.4. The summed E-state index contributed by atoms with van der Waals surface area (Å²) in [6, 6.07) is 4.86. The van der Waals surface area contributed by atoms with E-state index in [-0.39, 0.29) is 17.2 Å². The Kier molecular flexibility index (Phi) is 5.05. The van der Waals surface area contributed by atoms with E-state index in [4.69, 9.17) is 4.74 Å². The van der Waals surface area contributed by atoms with Crippen molar-refractivity contribution < 1.29 is 17.9 Å². The molecule has 1 heterocycles. The number of sulfonamides is 1. The molecule has 23 heavy (non-hydrogen) atoms. The van der Waals surface area contributed by atoms with Crippen LogP contribution in [0.1, 0.15) is 13.8 Å². The molecule has 0 saturated carbocycles. The number of nitrogens with one attached hydrogen (secondary N) is 1. The average molecular weight is 403 g/mol. The Balaban J connectivity index is 2.48. The fourth-order valence-electron chi connectivity index (χ4n) is 2.23. The molecule has 8 heteroatoms. The quantitative estimate of drug-likeness (QED) is 0.606. The number of rotatable bonds is 5. The summed E-state index contributed by atoms with van der Waals surface area (Å²) in [6.07, 6.45) is 1.62. The summed E-state index contributed by atoms with van der Waals surface area (Å²) in [5.41, 5.74) is 0.209. The van der Waals surface area contributed by atoms with Crippen LogP contribution in [0.3, 0.4) is 0 Å². The molecule has 0 saturated heterocycles. The predicted octanol–water partition coefficient (Wildman–Crippen LogP) is 2.72. The normalized spacial score (nSPS) is 17.0. The minimum atomic E-state index is -3.47. The first-order chi connectivity index (χ1) is 10.7. The lowest BCUT2D eigenvalue weighted by atomic mass is 9.93. The van der Waals surface area contributed by atoms with Gasteiger partial charge >= 0.3 is 0 Å². The molecule has 126 valence electrons.